The van der Waals surface area contributed by atoms with E-state index in [-0.39, 0.29) is 24.8 Å². The van der Waals surface area contributed by atoms with Gasteiger partial charge in [-0.3, -0.25) is 0 Å². The first-order chi connectivity index (χ1) is 22.1. The maximum atomic E-state index is 3.25. The molecule has 0 aromatic heterocycles. The van der Waals surface area contributed by atoms with Crippen molar-refractivity contribution in [3.63, 3.8) is 0 Å². The van der Waals surface area contributed by atoms with Gasteiger partial charge < -0.3 is 13.8 Å². The summed E-state index contributed by atoms with van der Waals surface area (Å²) in [6.07, 6.45) is 5.85. The molecule has 0 unspecified atom stereocenters. The maximum absolute atomic E-state index is 3.25. The summed E-state index contributed by atoms with van der Waals surface area (Å²) in [5.41, 5.74) is 11.0. The van der Waals surface area contributed by atoms with Crippen LogP contribution in [-0.4, -0.2) is 6.88 Å². The van der Waals surface area contributed by atoms with Crippen molar-refractivity contribution in [1.82, 2.24) is 0 Å². The molecule has 250 valence electrons. The second kappa shape index (κ2) is 24.9. The van der Waals surface area contributed by atoms with Crippen molar-refractivity contribution in [3.05, 3.63) is 145 Å². The molecule has 47 heavy (non-hydrogen) atoms. The second-order valence-electron chi connectivity index (χ2n) is 10.8. The molecular formula is C43H52Cl2SiZr-4. The van der Waals surface area contributed by atoms with Crippen LogP contribution in [0, 0.1) is 20.8 Å². The molecule has 0 aliphatic carbocycles. The molecule has 0 saturated carbocycles. The van der Waals surface area contributed by atoms with Crippen LogP contribution in [0.25, 0.3) is 43.8 Å². The summed E-state index contributed by atoms with van der Waals surface area (Å²) in [5, 5.41) is 5.44. The normalized spacial score (nSPS) is 9.51. The standard InChI is InChI=1S/C20H21.C19H19.2C2H5.2ClH.Si.Zr/c1-3-6-16-9-11-17(12-10-16)19-8-5-7-18-13-15(4-2)14-20(18)19;1-3-5-15-8-10-16(11-9-15)18-7-4-6-17-12-14(2)13-19(17)18;2*1-2;;;;/h5,7-14H,3-4,6H2,1-2H3;4,6-13H,3,5H2,1-2H3;2*1H2,2H3;2*1H;;/q4*-1;;;;. The molecule has 0 N–H and O–H groups in total. The monoisotopic (exact) mass is 756 g/mol. The Hall–Kier alpha value is -2.22. The van der Waals surface area contributed by atoms with Gasteiger partial charge in [-0.05, 0) is 41.5 Å². The van der Waals surface area contributed by atoms with E-state index in [1.54, 1.807) is 13.8 Å². The van der Waals surface area contributed by atoms with Crippen molar-refractivity contribution in [2.75, 3.05) is 0 Å². The zero-order chi connectivity index (χ0) is 33.2. The van der Waals surface area contributed by atoms with Crippen molar-refractivity contribution in [1.29, 1.82) is 0 Å². The van der Waals surface area contributed by atoms with Gasteiger partial charge in [-0.1, -0.05) is 112 Å². The molecule has 0 heterocycles. The first-order valence-electron chi connectivity index (χ1n) is 16.3. The van der Waals surface area contributed by atoms with E-state index in [4.69, 9.17) is 0 Å². The van der Waals surface area contributed by atoms with Crippen LogP contribution in [0.4, 0.5) is 0 Å². The zero-order valence-electron chi connectivity index (χ0n) is 29.2. The third kappa shape index (κ3) is 12.6. The fourth-order valence-corrected chi connectivity index (χ4v) is 5.67. The first kappa shape index (κ1) is 44.8. The summed E-state index contributed by atoms with van der Waals surface area (Å²) >= 11 is 1.36. The van der Waals surface area contributed by atoms with Crippen LogP contribution in [-0.2, 0) is 42.6 Å². The van der Waals surface area contributed by atoms with Gasteiger partial charge in [0.15, 0.2) is 0 Å². The van der Waals surface area contributed by atoms with E-state index in [1.165, 1.54) is 115 Å². The van der Waals surface area contributed by atoms with Crippen molar-refractivity contribution >= 4 is 53.2 Å². The summed E-state index contributed by atoms with van der Waals surface area (Å²) in [4.78, 5) is 0. The molecule has 0 nitrogen and oxygen atoms in total. The molecule has 6 aromatic carbocycles. The second-order valence-corrected chi connectivity index (χ2v) is 10.8. The Morgan fingerprint density at radius 1 is 0.574 bits per heavy atom. The summed E-state index contributed by atoms with van der Waals surface area (Å²) < 4.78 is 0. The van der Waals surface area contributed by atoms with Gasteiger partial charge in [0.25, 0.3) is 0 Å². The molecule has 6 rings (SSSR count). The van der Waals surface area contributed by atoms with Crippen molar-refractivity contribution in [3.8, 4) is 22.3 Å². The predicted octanol–water partition coefficient (Wildman–Crippen LogP) is 13.4. The first-order valence-corrected chi connectivity index (χ1v) is 20.5. The van der Waals surface area contributed by atoms with Crippen molar-refractivity contribution in [2.45, 2.75) is 73.6 Å². The van der Waals surface area contributed by atoms with Gasteiger partial charge in [0, 0.05) is 0 Å². The predicted molar refractivity (Wildman–Crippen MR) is 214 cm³/mol. The third-order valence-electron chi connectivity index (χ3n) is 7.72. The molecule has 0 saturated heterocycles. The fraction of sp³-hybridized carbons (Fsp3) is 0.256. The van der Waals surface area contributed by atoms with Crippen LogP contribution >= 0.6 is 24.8 Å². The Morgan fingerprint density at radius 3 is 1.38 bits per heavy atom. The van der Waals surface area contributed by atoms with Gasteiger partial charge in [-0.25, -0.2) is 0 Å². The van der Waals surface area contributed by atoms with E-state index in [0.717, 1.165) is 6.42 Å². The van der Waals surface area contributed by atoms with Crippen LogP contribution < -0.4 is 0 Å². The van der Waals surface area contributed by atoms with Crippen LogP contribution in [0.2, 0.25) is 0 Å². The minimum absolute atomic E-state index is 0. The van der Waals surface area contributed by atoms with Gasteiger partial charge >= 0.3 is 30.2 Å². The SMILES string of the molecule is CCCc1ccc(-c2cccc3[cH-]c(C)cc23)cc1.CCCc1ccc(-c2cccc3[cH-]c(CC)cc23)cc1.Cl.Cl.[CH2-]C.[CH2-]C.[Si]=[Zr]. The van der Waals surface area contributed by atoms with Gasteiger partial charge in [0.1, 0.15) is 0 Å². The molecule has 0 aliphatic heterocycles. The average Bonchev–Trinajstić information content (AvgIpc) is 3.71. The van der Waals surface area contributed by atoms with Gasteiger partial charge in [-0.15, -0.1) is 93.9 Å². The third-order valence-corrected chi connectivity index (χ3v) is 7.72. The number of hydrogen-bond acceptors (Lipinski definition) is 0. The van der Waals surface area contributed by atoms with E-state index in [2.05, 4.69) is 158 Å². The Kier molecular flexibility index (Phi) is 23.7. The molecule has 0 atom stereocenters. The average molecular weight is 759 g/mol. The summed E-state index contributed by atoms with van der Waals surface area (Å²) in [7, 11) is 0. The van der Waals surface area contributed by atoms with Crippen molar-refractivity contribution in [2.24, 2.45) is 0 Å². The van der Waals surface area contributed by atoms with E-state index < -0.39 is 0 Å². The molecule has 0 bridgehead atoms. The summed E-state index contributed by atoms with van der Waals surface area (Å²) in [6, 6.07) is 40.4. The molecule has 0 aliphatic rings. The topological polar surface area (TPSA) is 0 Å². The minimum atomic E-state index is 0. The zero-order valence-corrected chi connectivity index (χ0v) is 34.2. The van der Waals surface area contributed by atoms with E-state index >= 15 is 0 Å². The Bertz CT molecular complexity index is 1680. The van der Waals surface area contributed by atoms with Crippen LogP contribution in [0.1, 0.15) is 69.7 Å². The van der Waals surface area contributed by atoms with Gasteiger partial charge in [-0.2, -0.15) is 26.0 Å². The number of rotatable bonds is 7. The van der Waals surface area contributed by atoms with E-state index in [9.17, 15) is 0 Å². The number of fused-ring (bicyclic) bond motifs is 2. The fourth-order valence-electron chi connectivity index (χ4n) is 5.67. The van der Waals surface area contributed by atoms with E-state index in [1.807, 2.05) is 0 Å². The molecule has 4 heteroatoms. The molecular weight excluding hydrogens is 707 g/mol. The Morgan fingerprint density at radius 2 is 0.979 bits per heavy atom. The number of hydrogen-bond donors (Lipinski definition) is 0. The molecule has 0 fully saturated rings. The number of benzene rings is 4. The molecule has 6 aromatic rings. The van der Waals surface area contributed by atoms with Gasteiger partial charge in [0.05, 0.1) is 0 Å². The quantitative estimate of drug-likeness (QED) is 0.112. The summed E-state index contributed by atoms with van der Waals surface area (Å²) in [5.74, 6) is 0. The van der Waals surface area contributed by atoms with Crippen molar-refractivity contribution < 1.29 is 23.3 Å². The van der Waals surface area contributed by atoms with Crippen LogP contribution in [0.3, 0.4) is 0 Å². The number of halogens is 2. The molecule has 0 amide bonds. The number of aryl methyl sites for hydroxylation is 4. The Labute approximate surface area is 315 Å². The molecule has 0 spiro atoms. The van der Waals surface area contributed by atoms with Crippen LogP contribution in [0.5, 0.6) is 0 Å². The van der Waals surface area contributed by atoms with Crippen LogP contribution in [0.15, 0.2) is 109 Å². The molecule has 2 radical (unpaired) electrons. The van der Waals surface area contributed by atoms with E-state index in [0.29, 0.717) is 0 Å². The van der Waals surface area contributed by atoms with Gasteiger partial charge in [0.2, 0.25) is 0 Å². The Balaban J connectivity index is 0.000000750. The summed E-state index contributed by atoms with van der Waals surface area (Å²) in [6.45, 7) is 21.9.